The zero-order chi connectivity index (χ0) is 12.1. The summed E-state index contributed by atoms with van der Waals surface area (Å²) in [5.74, 6) is 1.54. The molecule has 2 heteroatoms. The zero-order valence-electron chi connectivity index (χ0n) is 10.8. The van der Waals surface area contributed by atoms with Crippen molar-refractivity contribution in [3.8, 4) is 0 Å². The first-order valence-electron chi connectivity index (χ1n) is 6.51. The maximum atomic E-state index is 4.13. The molecule has 0 spiro atoms. The fraction of sp³-hybridized carbons (Fsp3) is 0.533. The van der Waals surface area contributed by atoms with Gasteiger partial charge in [-0.15, -0.1) is 0 Å². The van der Waals surface area contributed by atoms with Gasteiger partial charge in [0.05, 0.1) is 0 Å². The molecule has 1 aromatic heterocycles. The molecule has 1 aliphatic rings. The predicted molar refractivity (Wildman–Crippen MR) is 71.6 cm³/mol. The highest BCUT2D eigenvalue weighted by Crippen LogP contribution is 2.27. The third-order valence-corrected chi connectivity index (χ3v) is 3.37. The Kier molecular flexibility index (Phi) is 4.32. The third kappa shape index (κ3) is 3.97. The van der Waals surface area contributed by atoms with E-state index in [9.17, 15) is 0 Å². The number of aromatic nitrogens is 1. The van der Waals surface area contributed by atoms with Crippen LogP contribution in [-0.4, -0.2) is 11.5 Å². The zero-order valence-corrected chi connectivity index (χ0v) is 10.8. The number of hydrogen-bond acceptors (Lipinski definition) is 2. The van der Waals surface area contributed by atoms with E-state index in [0.29, 0.717) is 0 Å². The van der Waals surface area contributed by atoms with Crippen LogP contribution >= 0.6 is 0 Å². The Morgan fingerprint density at radius 2 is 2.35 bits per heavy atom. The predicted octanol–water partition coefficient (Wildman–Crippen LogP) is 3.16. The van der Waals surface area contributed by atoms with E-state index in [-0.39, 0.29) is 0 Å². The molecule has 0 radical (unpaired) electrons. The smallest absolute Gasteiger partial charge is 0.0312 e. The molecule has 2 atom stereocenters. The van der Waals surface area contributed by atoms with E-state index in [1.165, 1.54) is 18.4 Å². The molecular weight excluding hydrogens is 208 g/mol. The number of rotatable bonds is 4. The van der Waals surface area contributed by atoms with Crippen molar-refractivity contribution in [2.75, 3.05) is 6.54 Å². The van der Waals surface area contributed by atoms with Crippen molar-refractivity contribution < 1.29 is 0 Å². The third-order valence-electron chi connectivity index (χ3n) is 3.37. The lowest BCUT2D eigenvalue weighted by atomic mass is 9.84. The summed E-state index contributed by atoms with van der Waals surface area (Å²) in [7, 11) is 0. The van der Waals surface area contributed by atoms with Crippen LogP contribution in [-0.2, 0) is 6.54 Å². The molecule has 1 heterocycles. The number of pyridine rings is 1. The molecule has 2 rings (SSSR count). The van der Waals surface area contributed by atoms with Crippen LogP contribution in [0.4, 0.5) is 0 Å². The summed E-state index contributed by atoms with van der Waals surface area (Å²) in [6, 6.07) is 4.11. The minimum absolute atomic E-state index is 0.744. The summed E-state index contributed by atoms with van der Waals surface area (Å²) in [4.78, 5) is 4.13. The van der Waals surface area contributed by atoms with Crippen molar-refractivity contribution in [1.29, 1.82) is 0 Å². The van der Waals surface area contributed by atoms with Gasteiger partial charge in [0.1, 0.15) is 0 Å². The van der Waals surface area contributed by atoms with Crippen molar-refractivity contribution in [3.05, 3.63) is 41.7 Å². The Morgan fingerprint density at radius 1 is 1.47 bits per heavy atom. The van der Waals surface area contributed by atoms with Crippen molar-refractivity contribution in [3.63, 3.8) is 0 Å². The summed E-state index contributed by atoms with van der Waals surface area (Å²) in [6.07, 6.45) is 8.74. The van der Waals surface area contributed by atoms with Crippen LogP contribution in [0.3, 0.4) is 0 Å². The topological polar surface area (TPSA) is 24.9 Å². The van der Waals surface area contributed by atoms with Gasteiger partial charge in [-0.05, 0) is 49.8 Å². The van der Waals surface area contributed by atoms with Crippen LogP contribution in [0.5, 0.6) is 0 Å². The molecule has 0 aliphatic heterocycles. The molecule has 1 aromatic rings. The van der Waals surface area contributed by atoms with Crippen LogP contribution in [0.15, 0.2) is 36.2 Å². The van der Waals surface area contributed by atoms with Gasteiger partial charge in [-0.25, -0.2) is 0 Å². The molecule has 1 N–H and O–H groups in total. The highest BCUT2D eigenvalue weighted by Gasteiger charge is 2.17. The molecule has 0 aromatic carbocycles. The van der Waals surface area contributed by atoms with Gasteiger partial charge in [-0.1, -0.05) is 24.6 Å². The lowest BCUT2D eigenvalue weighted by Gasteiger charge is -2.25. The fourth-order valence-corrected chi connectivity index (χ4v) is 2.77. The molecule has 17 heavy (non-hydrogen) atoms. The number of nitrogens with zero attached hydrogens (tertiary/aromatic N) is 1. The Balaban J connectivity index is 1.74. The lowest BCUT2D eigenvalue weighted by molar-refractivity contribution is 0.381. The Morgan fingerprint density at radius 3 is 3.06 bits per heavy atom. The normalized spacial score (nSPS) is 24.5. The summed E-state index contributed by atoms with van der Waals surface area (Å²) in [5.41, 5.74) is 2.82. The molecule has 2 nitrogen and oxygen atoms in total. The second-order valence-corrected chi connectivity index (χ2v) is 5.29. The van der Waals surface area contributed by atoms with Gasteiger partial charge in [0, 0.05) is 18.9 Å². The maximum absolute atomic E-state index is 4.13. The van der Waals surface area contributed by atoms with Crippen LogP contribution in [0.1, 0.15) is 32.3 Å². The average molecular weight is 230 g/mol. The number of nitrogens with one attached hydrogen (secondary N) is 1. The number of allylic oxidation sites excluding steroid dienone is 2. The van der Waals surface area contributed by atoms with E-state index in [2.05, 4.69) is 36.3 Å². The monoisotopic (exact) mass is 230 g/mol. The summed E-state index contributed by atoms with van der Waals surface area (Å²) >= 11 is 0. The molecule has 0 bridgehead atoms. The number of hydrogen-bond donors (Lipinski definition) is 1. The van der Waals surface area contributed by atoms with Crippen molar-refractivity contribution in [1.82, 2.24) is 10.3 Å². The summed E-state index contributed by atoms with van der Waals surface area (Å²) in [6.45, 7) is 6.62. The first-order valence-corrected chi connectivity index (χ1v) is 6.51. The highest BCUT2D eigenvalue weighted by atomic mass is 14.9. The van der Waals surface area contributed by atoms with E-state index in [4.69, 9.17) is 0 Å². The molecule has 0 amide bonds. The summed E-state index contributed by atoms with van der Waals surface area (Å²) < 4.78 is 0. The van der Waals surface area contributed by atoms with Gasteiger partial charge >= 0.3 is 0 Å². The fourth-order valence-electron chi connectivity index (χ4n) is 2.77. The molecule has 92 valence electrons. The van der Waals surface area contributed by atoms with Crippen molar-refractivity contribution >= 4 is 0 Å². The lowest BCUT2D eigenvalue weighted by Crippen LogP contribution is -2.25. The SMILES string of the molecule is CC1=CC(C)CC(CNCc2cccnc2)C1. The molecular formula is C15H22N2. The van der Waals surface area contributed by atoms with Crippen LogP contribution < -0.4 is 5.32 Å². The molecule has 0 fully saturated rings. The Bertz CT molecular complexity index is 370. The van der Waals surface area contributed by atoms with Crippen LogP contribution in [0.2, 0.25) is 0 Å². The van der Waals surface area contributed by atoms with Crippen molar-refractivity contribution in [2.45, 2.75) is 33.2 Å². The molecule has 1 aliphatic carbocycles. The quantitative estimate of drug-likeness (QED) is 0.804. The maximum Gasteiger partial charge on any atom is 0.0312 e. The first kappa shape index (κ1) is 12.3. The second kappa shape index (κ2) is 5.97. The summed E-state index contributed by atoms with van der Waals surface area (Å²) in [5, 5.41) is 3.55. The van der Waals surface area contributed by atoms with E-state index in [1.807, 2.05) is 18.5 Å². The van der Waals surface area contributed by atoms with Gasteiger partial charge in [-0.3, -0.25) is 4.98 Å². The van der Waals surface area contributed by atoms with E-state index >= 15 is 0 Å². The largest absolute Gasteiger partial charge is 0.312 e. The van der Waals surface area contributed by atoms with Gasteiger partial charge in [0.2, 0.25) is 0 Å². The second-order valence-electron chi connectivity index (χ2n) is 5.29. The Hall–Kier alpha value is -1.15. The highest BCUT2D eigenvalue weighted by molar-refractivity contribution is 5.09. The molecule has 0 saturated carbocycles. The van der Waals surface area contributed by atoms with Gasteiger partial charge < -0.3 is 5.32 Å². The minimum Gasteiger partial charge on any atom is -0.312 e. The molecule has 0 saturated heterocycles. The van der Waals surface area contributed by atoms with E-state index in [1.54, 1.807) is 5.57 Å². The van der Waals surface area contributed by atoms with Gasteiger partial charge in [-0.2, -0.15) is 0 Å². The van der Waals surface area contributed by atoms with E-state index in [0.717, 1.165) is 24.9 Å². The minimum atomic E-state index is 0.744. The molecule has 2 unspecified atom stereocenters. The first-order chi connectivity index (χ1) is 8.24. The van der Waals surface area contributed by atoms with Crippen molar-refractivity contribution in [2.24, 2.45) is 11.8 Å². The van der Waals surface area contributed by atoms with Gasteiger partial charge in [0.15, 0.2) is 0 Å². The standard InChI is InChI=1S/C15H22N2/c1-12-6-13(2)8-15(7-12)11-17-10-14-4-3-5-16-9-14/h3-6,9,12,15,17H,7-8,10-11H2,1-2H3. The Labute approximate surface area is 104 Å². The van der Waals surface area contributed by atoms with Crippen LogP contribution in [0.25, 0.3) is 0 Å². The van der Waals surface area contributed by atoms with Gasteiger partial charge in [0.25, 0.3) is 0 Å². The average Bonchev–Trinajstić information content (AvgIpc) is 2.29. The van der Waals surface area contributed by atoms with Crippen LogP contribution in [0, 0.1) is 11.8 Å². The van der Waals surface area contributed by atoms with E-state index < -0.39 is 0 Å².